The van der Waals surface area contributed by atoms with Crippen molar-refractivity contribution in [2.45, 2.75) is 31.0 Å². The van der Waals surface area contributed by atoms with Crippen LogP contribution >= 0.6 is 0 Å². The minimum Gasteiger partial charge on any atom is -0.508 e. The van der Waals surface area contributed by atoms with Crippen LogP contribution in [-0.4, -0.2) is 27.8 Å². The summed E-state index contributed by atoms with van der Waals surface area (Å²) >= 11 is 0. The Hall–Kier alpha value is -1.59. The zero-order valence-corrected chi connectivity index (χ0v) is 9.39. The number of carbonyl (C=O) groups is 1. The first-order chi connectivity index (χ1) is 8.02. The largest absolute Gasteiger partial charge is 0.508 e. The first kappa shape index (κ1) is 11.9. The number of nitrogens with two attached hydrogens (primary N) is 1. The number of hydrogen-bond acceptors (Lipinski definition) is 4. The van der Waals surface area contributed by atoms with Crippen molar-refractivity contribution in [1.82, 2.24) is 5.32 Å². The van der Waals surface area contributed by atoms with Gasteiger partial charge in [0.25, 0.3) is 0 Å². The van der Waals surface area contributed by atoms with Gasteiger partial charge in [-0.05, 0) is 17.7 Å². The molecule has 0 spiro atoms. The van der Waals surface area contributed by atoms with Crippen LogP contribution in [0.15, 0.2) is 24.3 Å². The molecule has 2 rings (SSSR count). The normalized spacial score (nSPS) is 27.5. The number of aliphatic hydroxyl groups excluding tert-OH is 1. The summed E-state index contributed by atoms with van der Waals surface area (Å²) in [6.45, 7) is 0.435. The van der Waals surface area contributed by atoms with Gasteiger partial charge in [-0.2, -0.15) is 0 Å². The van der Waals surface area contributed by atoms with E-state index < -0.39 is 17.6 Å². The van der Waals surface area contributed by atoms with Gasteiger partial charge in [-0.15, -0.1) is 0 Å². The smallest absolute Gasteiger partial charge is 0.237 e. The fourth-order valence-corrected chi connectivity index (χ4v) is 2.12. The van der Waals surface area contributed by atoms with Gasteiger partial charge >= 0.3 is 0 Å². The maximum absolute atomic E-state index is 11.3. The van der Waals surface area contributed by atoms with Crippen LogP contribution in [0.5, 0.6) is 5.75 Å². The van der Waals surface area contributed by atoms with Gasteiger partial charge < -0.3 is 15.9 Å². The lowest BCUT2D eigenvalue weighted by Crippen LogP contribution is -2.64. The lowest BCUT2D eigenvalue weighted by molar-refractivity contribution is -0.133. The number of nitrogens with one attached hydrogen (secondary N) is 1. The summed E-state index contributed by atoms with van der Waals surface area (Å²) in [6, 6.07) is 6.78. The number of rotatable bonds is 4. The average molecular weight is 236 g/mol. The van der Waals surface area contributed by atoms with E-state index in [1.807, 2.05) is 6.07 Å². The number of amides is 1. The van der Waals surface area contributed by atoms with Crippen molar-refractivity contribution in [3.8, 4) is 5.75 Å². The van der Waals surface area contributed by atoms with Crippen LogP contribution in [0, 0.1) is 0 Å². The number of hydrogen-bond donors (Lipinski definition) is 4. The van der Waals surface area contributed by atoms with Crippen molar-refractivity contribution in [2.24, 2.45) is 5.73 Å². The fraction of sp³-hybridized carbons (Fsp3) is 0.417. The van der Waals surface area contributed by atoms with Crippen molar-refractivity contribution < 1.29 is 15.0 Å². The summed E-state index contributed by atoms with van der Waals surface area (Å²) in [5.74, 6) is -0.256. The standard InChI is InChI=1S/C12H16N2O3/c13-11(17)12(5-10(16)6-12)14-7-8-2-1-3-9(15)4-8/h1-4,10,14-16H,5-7H2,(H2,13,17). The Bertz CT molecular complexity index is 428. The molecule has 1 amide bonds. The Morgan fingerprint density at radius 2 is 2.24 bits per heavy atom. The zero-order chi connectivity index (χ0) is 12.5. The summed E-state index contributed by atoms with van der Waals surface area (Å²) in [7, 11) is 0. The van der Waals surface area contributed by atoms with Crippen molar-refractivity contribution in [3.05, 3.63) is 29.8 Å². The minimum absolute atomic E-state index is 0.186. The number of primary amides is 1. The molecule has 1 aliphatic carbocycles. The van der Waals surface area contributed by atoms with Crippen LogP contribution in [-0.2, 0) is 11.3 Å². The highest BCUT2D eigenvalue weighted by atomic mass is 16.3. The Morgan fingerprint density at radius 3 is 2.76 bits per heavy atom. The lowest BCUT2D eigenvalue weighted by Gasteiger charge is -2.43. The van der Waals surface area contributed by atoms with Gasteiger partial charge in [-0.3, -0.25) is 10.1 Å². The van der Waals surface area contributed by atoms with Crippen molar-refractivity contribution in [2.75, 3.05) is 0 Å². The van der Waals surface area contributed by atoms with Gasteiger partial charge in [0.15, 0.2) is 0 Å². The highest BCUT2D eigenvalue weighted by Gasteiger charge is 2.48. The number of phenols is 1. The summed E-state index contributed by atoms with van der Waals surface area (Å²) in [5.41, 5.74) is 5.39. The Morgan fingerprint density at radius 1 is 1.53 bits per heavy atom. The summed E-state index contributed by atoms with van der Waals surface area (Å²) in [6.07, 6.45) is 0.238. The van der Waals surface area contributed by atoms with E-state index in [0.29, 0.717) is 19.4 Å². The molecule has 5 N–H and O–H groups in total. The molecule has 0 heterocycles. The summed E-state index contributed by atoms with van der Waals surface area (Å²) in [4.78, 5) is 11.3. The number of carbonyl (C=O) groups excluding carboxylic acids is 1. The van der Waals surface area contributed by atoms with Gasteiger partial charge in [0.2, 0.25) is 5.91 Å². The highest BCUT2D eigenvalue weighted by Crippen LogP contribution is 2.32. The SMILES string of the molecule is NC(=O)C1(NCc2cccc(O)c2)CC(O)C1. The molecule has 1 saturated carbocycles. The molecular weight excluding hydrogens is 220 g/mol. The molecule has 1 aromatic carbocycles. The third-order valence-corrected chi connectivity index (χ3v) is 3.18. The molecule has 0 bridgehead atoms. The number of benzene rings is 1. The van der Waals surface area contributed by atoms with E-state index in [1.54, 1.807) is 18.2 Å². The molecular formula is C12H16N2O3. The van der Waals surface area contributed by atoms with E-state index in [2.05, 4.69) is 5.32 Å². The van der Waals surface area contributed by atoms with Gasteiger partial charge in [-0.25, -0.2) is 0 Å². The van der Waals surface area contributed by atoms with Gasteiger partial charge in [0, 0.05) is 19.4 Å². The number of aliphatic hydroxyl groups is 1. The molecule has 0 saturated heterocycles. The molecule has 0 aromatic heterocycles. The van der Waals surface area contributed by atoms with Gasteiger partial charge in [-0.1, -0.05) is 12.1 Å². The molecule has 0 unspecified atom stereocenters. The van der Waals surface area contributed by atoms with Crippen LogP contribution in [0.3, 0.4) is 0 Å². The molecule has 1 aromatic rings. The quantitative estimate of drug-likeness (QED) is 0.585. The lowest BCUT2D eigenvalue weighted by atomic mass is 9.73. The Kier molecular flexibility index (Phi) is 3.04. The van der Waals surface area contributed by atoms with Crippen molar-refractivity contribution in [1.29, 1.82) is 0 Å². The molecule has 1 fully saturated rings. The fourth-order valence-electron chi connectivity index (χ4n) is 2.12. The second-order valence-electron chi connectivity index (χ2n) is 4.53. The predicted octanol–water partition coefficient (Wildman–Crippen LogP) is -0.139. The van der Waals surface area contributed by atoms with E-state index >= 15 is 0 Å². The number of aromatic hydroxyl groups is 1. The second kappa shape index (κ2) is 4.35. The molecule has 0 atom stereocenters. The van der Waals surface area contributed by atoms with Crippen LogP contribution in [0.25, 0.3) is 0 Å². The molecule has 92 valence electrons. The monoisotopic (exact) mass is 236 g/mol. The van der Waals surface area contributed by atoms with Crippen LogP contribution in [0.1, 0.15) is 18.4 Å². The molecule has 17 heavy (non-hydrogen) atoms. The highest BCUT2D eigenvalue weighted by molar-refractivity contribution is 5.86. The molecule has 5 nitrogen and oxygen atoms in total. The van der Waals surface area contributed by atoms with E-state index in [1.165, 1.54) is 0 Å². The Balaban J connectivity index is 1.99. The number of phenolic OH excluding ortho intramolecular Hbond substituents is 1. The predicted molar refractivity (Wildman–Crippen MR) is 62.1 cm³/mol. The second-order valence-corrected chi connectivity index (χ2v) is 4.53. The molecule has 5 heteroatoms. The summed E-state index contributed by atoms with van der Waals surface area (Å²) < 4.78 is 0. The first-order valence-corrected chi connectivity index (χ1v) is 5.53. The van der Waals surface area contributed by atoms with E-state index in [4.69, 9.17) is 5.73 Å². The third kappa shape index (κ3) is 2.40. The summed E-state index contributed by atoms with van der Waals surface area (Å²) in [5, 5.41) is 21.7. The minimum atomic E-state index is -0.801. The third-order valence-electron chi connectivity index (χ3n) is 3.18. The van der Waals surface area contributed by atoms with Gasteiger partial charge in [0.05, 0.1) is 6.10 Å². The van der Waals surface area contributed by atoms with Crippen molar-refractivity contribution >= 4 is 5.91 Å². The maximum Gasteiger partial charge on any atom is 0.237 e. The molecule has 0 radical (unpaired) electrons. The van der Waals surface area contributed by atoms with Crippen LogP contribution < -0.4 is 11.1 Å². The topological polar surface area (TPSA) is 95.6 Å². The van der Waals surface area contributed by atoms with Crippen LogP contribution in [0.2, 0.25) is 0 Å². The molecule has 1 aliphatic rings. The zero-order valence-electron chi connectivity index (χ0n) is 9.39. The molecule has 0 aliphatic heterocycles. The average Bonchev–Trinajstić information content (AvgIpc) is 2.22. The van der Waals surface area contributed by atoms with E-state index in [-0.39, 0.29) is 5.75 Å². The van der Waals surface area contributed by atoms with E-state index in [0.717, 1.165) is 5.56 Å². The first-order valence-electron chi connectivity index (χ1n) is 5.53. The van der Waals surface area contributed by atoms with Crippen LogP contribution in [0.4, 0.5) is 0 Å². The van der Waals surface area contributed by atoms with Gasteiger partial charge in [0.1, 0.15) is 11.3 Å². The Labute approximate surface area is 99.3 Å². The van der Waals surface area contributed by atoms with E-state index in [9.17, 15) is 15.0 Å². The maximum atomic E-state index is 11.3. The van der Waals surface area contributed by atoms with Crippen molar-refractivity contribution in [3.63, 3.8) is 0 Å².